The summed E-state index contributed by atoms with van der Waals surface area (Å²) in [5, 5.41) is 42.8. The van der Waals surface area contributed by atoms with E-state index in [0.717, 1.165) is 44.9 Å². The third-order valence-electron chi connectivity index (χ3n) is 15.5. The number of aliphatic carboxylic acids is 1. The molecule has 50 heavy (non-hydrogen) atoms. The van der Waals surface area contributed by atoms with Crippen molar-refractivity contribution in [2.45, 2.75) is 143 Å². The van der Waals surface area contributed by atoms with Gasteiger partial charge in [0.2, 0.25) is 0 Å². The van der Waals surface area contributed by atoms with Crippen LogP contribution in [-0.4, -0.2) is 99.8 Å². The van der Waals surface area contributed by atoms with E-state index in [9.17, 15) is 30.0 Å². The minimum absolute atomic E-state index is 0.0382. The lowest BCUT2D eigenvalue weighted by molar-refractivity contribution is -0.246. The molecule has 5 aliphatic carbocycles. The quantitative estimate of drug-likeness (QED) is 0.268. The number of carboxylic acid groups (broad SMARTS) is 1. The number of carbonyl (C=O) groups excluding carboxylic acids is 1. The van der Waals surface area contributed by atoms with Crippen LogP contribution in [0.1, 0.15) is 107 Å². The average Bonchev–Trinajstić information content (AvgIpc) is 3.65. The van der Waals surface area contributed by atoms with E-state index >= 15 is 0 Å². The van der Waals surface area contributed by atoms with Crippen LogP contribution in [0, 0.1) is 63.0 Å². The maximum absolute atomic E-state index is 12.5. The topological polar surface area (TPSA) is 155 Å². The third-order valence-corrected chi connectivity index (χ3v) is 15.5. The van der Waals surface area contributed by atoms with Crippen molar-refractivity contribution in [2.24, 2.45) is 44.8 Å². The fourth-order valence-corrected chi connectivity index (χ4v) is 13.1. The third kappa shape index (κ3) is 5.06. The van der Waals surface area contributed by atoms with Gasteiger partial charge in [0.25, 0.3) is 0 Å². The van der Waals surface area contributed by atoms with Crippen molar-refractivity contribution >= 4 is 11.9 Å². The van der Waals surface area contributed by atoms with Gasteiger partial charge in [-0.1, -0.05) is 34.6 Å². The molecule has 2 heterocycles. The first-order valence-corrected chi connectivity index (χ1v) is 19.0. The molecule has 281 valence electrons. The Kier molecular flexibility index (Phi) is 8.94. The molecule has 7 aliphatic rings. The highest BCUT2D eigenvalue weighted by Crippen LogP contribution is 2.90. The summed E-state index contributed by atoms with van der Waals surface area (Å²) in [7, 11) is 0. The fourth-order valence-electron chi connectivity index (χ4n) is 13.1. The van der Waals surface area contributed by atoms with Gasteiger partial charge in [0.1, 0.15) is 18.2 Å². The van der Waals surface area contributed by atoms with E-state index in [0.29, 0.717) is 44.2 Å². The Balaban J connectivity index is 1.11. The Morgan fingerprint density at radius 3 is 2.48 bits per heavy atom. The number of hydrogen-bond acceptors (Lipinski definition) is 10. The molecule has 3 radical (unpaired) electrons. The van der Waals surface area contributed by atoms with E-state index in [1.165, 1.54) is 12.8 Å². The van der Waals surface area contributed by atoms with Gasteiger partial charge in [-0.15, -0.1) is 0 Å². The van der Waals surface area contributed by atoms with Gasteiger partial charge in [-0.3, -0.25) is 14.5 Å². The summed E-state index contributed by atoms with van der Waals surface area (Å²) < 4.78 is 25.0. The predicted octanol–water partition coefficient (Wildman–Crippen LogP) is 4.28. The first kappa shape index (κ1) is 37.0. The molecular weight excluding hydrogens is 642 g/mol. The Bertz CT molecular complexity index is 1350. The minimum atomic E-state index is -1.34. The van der Waals surface area contributed by atoms with E-state index < -0.39 is 54.1 Å². The monoisotopic (exact) mass is 702 g/mol. The lowest BCUT2D eigenvalue weighted by Gasteiger charge is -2.63. The molecule has 7 rings (SSSR count). The van der Waals surface area contributed by atoms with Crippen LogP contribution in [0.2, 0.25) is 0 Å². The molecule has 2 aliphatic heterocycles. The molecule has 1 unspecified atom stereocenters. The Hall–Kier alpha value is -1.34. The van der Waals surface area contributed by atoms with E-state index in [1.807, 2.05) is 0 Å². The van der Waals surface area contributed by atoms with Crippen molar-refractivity contribution in [3.8, 4) is 0 Å². The molecule has 0 aromatic rings. The number of esters is 1. The molecular formula is C39H60NO10. The molecule has 0 bridgehead atoms. The number of nitrogens with zero attached hydrogens (tertiary/aromatic N) is 1. The predicted molar refractivity (Wildman–Crippen MR) is 181 cm³/mol. The van der Waals surface area contributed by atoms with Crippen molar-refractivity contribution in [1.29, 1.82) is 0 Å². The summed E-state index contributed by atoms with van der Waals surface area (Å²) in [5.74, 6) is 0.627. The van der Waals surface area contributed by atoms with Gasteiger partial charge in [0, 0.05) is 24.8 Å². The van der Waals surface area contributed by atoms with Crippen molar-refractivity contribution < 1.29 is 49.0 Å². The Morgan fingerprint density at radius 2 is 1.84 bits per heavy atom. The van der Waals surface area contributed by atoms with E-state index in [-0.39, 0.29) is 39.6 Å². The molecule has 5 saturated carbocycles. The number of carboxylic acids is 1. The van der Waals surface area contributed by atoms with Crippen LogP contribution in [0.3, 0.4) is 0 Å². The minimum Gasteiger partial charge on any atom is -0.480 e. The van der Waals surface area contributed by atoms with Crippen LogP contribution in [0.4, 0.5) is 0 Å². The highest BCUT2D eigenvalue weighted by Gasteiger charge is 2.85. The largest absolute Gasteiger partial charge is 0.480 e. The Morgan fingerprint density at radius 1 is 1.12 bits per heavy atom. The van der Waals surface area contributed by atoms with Crippen LogP contribution < -0.4 is 0 Å². The van der Waals surface area contributed by atoms with Gasteiger partial charge in [0.15, 0.2) is 12.4 Å². The number of rotatable bonds is 8. The van der Waals surface area contributed by atoms with Gasteiger partial charge in [-0.05, 0) is 105 Å². The fraction of sp³-hybridized carbons (Fsp3) is 0.872. The second-order valence-corrected chi connectivity index (χ2v) is 18.6. The zero-order valence-electron chi connectivity index (χ0n) is 31.3. The van der Waals surface area contributed by atoms with Crippen molar-refractivity contribution in [2.75, 3.05) is 26.3 Å². The van der Waals surface area contributed by atoms with Crippen molar-refractivity contribution in [3.63, 3.8) is 0 Å². The molecule has 0 aromatic heterocycles. The highest BCUT2D eigenvalue weighted by molar-refractivity contribution is 5.73. The molecule has 2 spiro atoms. The van der Waals surface area contributed by atoms with Gasteiger partial charge >= 0.3 is 11.9 Å². The van der Waals surface area contributed by atoms with Crippen molar-refractivity contribution in [3.05, 3.63) is 18.1 Å². The summed E-state index contributed by atoms with van der Waals surface area (Å²) >= 11 is 0. The summed E-state index contributed by atoms with van der Waals surface area (Å²) in [6.07, 6.45) is 6.57. The lowest BCUT2D eigenvalue weighted by Crippen LogP contribution is -2.59. The molecule has 4 N–H and O–H groups in total. The molecule has 0 aromatic carbocycles. The number of carbonyl (C=O) groups is 2. The van der Waals surface area contributed by atoms with Gasteiger partial charge < -0.3 is 39.4 Å². The number of hydrogen-bond donors (Lipinski definition) is 4. The van der Waals surface area contributed by atoms with Gasteiger partial charge in [-0.25, -0.2) is 0 Å². The van der Waals surface area contributed by atoms with E-state index in [2.05, 4.69) is 34.6 Å². The molecule has 11 nitrogen and oxygen atoms in total. The van der Waals surface area contributed by atoms with Crippen LogP contribution in [-0.2, 0) is 28.5 Å². The maximum atomic E-state index is 12.5. The smallest absolute Gasteiger partial charge is 0.323 e. The second-order valence-electron chi connectivity index (χ2n) is 18.6. The summed E-state index contributed by atoms with van der Waals surface area (Å²) in [5.41, 5.74) is -1.92. The van der Waals surface area contributed by atoms with Gasteiger partial charge in [0.05, 0.1) is 37.6 Å². The van der Waals surface area contributed by atoms with Gasteiger partial charge in [-0.2, -0.15) is 0 Å². The SMILES string of the molecule is CC(=O)O[C@@H]([C]1C[C@@H](C)[C@H]2[C](O1)[C@H](O)[C@@]1(C)[C]3CC[C@H]4C(C)(C)C(O[C@H]5CN([C@@H](CO)C(=O)O)CCO5)CC[C@@]45C[C@@]35CC[C@]21C)C(C)(C)O. The zero-order chi connectivity index (χ0) is 36.4. The number of aliphatic hydroxyl groups excluding tert-OH is 2. The number of aliphatic hydroxyl groups is 3. The summed E-state index contributed by atoms with van der Waals surface area (Å²) in [6.45, 7) is 16.8. The van der Waals surface area contributed by atoms with Crippen molar-refractivity contribution in [1.82, 2.24) is 4.90 Å². The van der Waals surface area contributed by atoms with Crippen LogP contribution in [0.15, 0.2) is 0 Å². The summed E-state index contributed by atoms with van der Waals surface area (Å²) in [4.78, 5) is 25.6. The number of fused-ring (bicyclic) bond motifs is 4. The average molecular weight is 703 g/mol. The normalized spacial score (nSPS) is 46.1. The molecule has 11 heteroatoms. The molecule has 2 saturated heterocycles. The molecule has 12 atom stereocenters. The number of morpholine rings is 1. The van der Waals surface area contributed by atoms with Crippen LogP contribution >= 0.6 is 0 Å². The first-order chi connectivity index (χ1) is 23.3. The lowest BCUT2D eigenvalue weighted by atomic mass is 9.41. The zero-order valence-corrected chi connectivity index (χ0v) is 31.3. The highest BCUT2D eigenvalue weighted by atomic mass is 16.7. The number of ether oxygens (including phenoxy) is 4. The first-order valence-electron chi connectivity index (χ1n) is 19.0. The van der Waals surface area contributed by atoms with E-state index in [1.54, 1.807) is 18.7 Å². The van der Waals surface area contributed by atoms with Crippen LogP contribution in [0.5, 0.6) is 0 Å². The summed E-state index contributed by atoms with van der Waals surface area (Å²) in [6, 6.07) is -0.966. The second kappa shape index (κ2) is 12.1. The Labute approximate surface area is 297 Å². The standard InChI is InChI=1S/C39H60NO10/c1-21-17-24(32(35(5,6)46)48-22(2)42)49-30-29(21)36(7)13-14-39-20-38(39)12-11-27(50-28-18-40(15-16-47-28)23(19-41)33(44)45)34(3,4)25(38)9-10-26(39)37(36,8)31(30)43/h21,23,25,27-29,31-32,41,43,46H,9-20H2,1-8H3,(H,44,45)/t21-,23+,25+,27?,28+,29+,31+,32+,36-,37-,38-,39+/m1/s1. The molecule has 7 fully saturated rings. The van der Waals surface area contributed by atoms with E-state index in [4.69, 9.17) is 18.9 Å². The maximum Gasteiger partial charge on any atom is 0.323 e. The molecule has 0 amide bonds. The van der Waals surface area contributed by atoms with Crippen LogP contribution in [0.25, 0.3) is 0 Å².